The highest BCUT2D eigenvalue weighted by molar-refractivity contribution is 7.12. The molecule has 0 aliphatic carbocycles. The van der Waals surface area contributed by atoms with Crippen molar-refractivity contribution in [3.05, 3.63) is 45.1 Å². The Morgan fingerprint density at radius 2 is 1.88 bits per heavy atom. The third-order valence-electron chi connectivity index (χ3n) is 4.08. The SMILES string of the molecule is COc1cc(C(C)NC(C)c2cc(C)sc2C)ccc1OCCO. The number of methoxy groups -OCH3 is 1. The molecule has 5 heteroatoms. The lowest BCUT2D eigenvalue weighted by Crippen LogP contribution is -2.22. The summed E-state index contributed by atoms with van der Waals surface area (Å²) in [6, 6.07) is 8.64. The molecule has 0 amide bonds. The fourth-order valence-corrected chi connectivity index (χ4v) is 3.89. The van der Waals surface area contributed by atoms with Gasteiger partial charge in [0.05, 0.1) is 13.7 Å². The summed E-state index contributed by atoms with van der Waals surface area (Å²) in [4.78, 5) is 2.71. The van der Waals surface area contributed by atoms with E-state index in [1.54, 1.807) is 7.11 Å². The van der Waals surface area contributed by atoms with Crippen LogP contribution in [0.1, 0.15) is 46.8 Å². The van der Waals surface area contributed by atoms with Gasteiger partial charge < -0.3 is 19.9 Å². The first-order valence-electron chi connectivity index (χ1n) is 8.20. The van der Waals surface area contributed by atoms with Crippen molar-refractivity contribution in [1.29, 1.82) is 0 Å². The molecule has 0 spiro atoms. The minimum absolute atomic E-state index is 0.0141. The molecule has 2 atom stereocenters. The highest BCUT2D eigenvalue weighted by Crippen LogP contribution is 2.32. The van der Waals surface area contributed by atoms with Crippen molar-refractivity contribution in [2.75, 3.05) is 20.3 Å². The Morgan fingerprint density at radius 3 is 2.46 bits per heavy atom. The maximum atomic E-state index is 8.89. The summed E-state index contributed by atoms with van der Waals surface area (Å²) >= 11 is 1.84. The third kappa shape index (κ3) is 4.50. The monoisotopic (exact) mass is 349 g/mol. The normalized spacial score (nSPS) is 13.6. The van der Waals surface area contributed by atoms with Gasteiger partial charge in [-0.05, 0) is 57.0 Å². The second-order valence-corrected chi connectivity index (χ2v) is 7.42. The van der Waals surface area contributed by atoms with Gasteiger partial charge >= 0.3 is 0 Å². The highest BCUT2D eigenvalue weighted by Gasteiger charge is 2.16. The van der Waals surface area contributed by atoms with E-state index >= 15 is 0 Å². The third-order valence-corrected chi connectivity index (χ3v) is 5.06. The molecule has 1 aromatic carbocycles. The van der Waals surface area contributed by atoms with Crippen molar-refractivity contribution in [3.63, 3.8) is 0 Å². The van der Waals surface area contributed by atoms with Gasteiger partial charge in [-0.1, -0.05) is 6.07 Å². The van der Waals surface area contributed by atoms with Crippen LogP contribution < -0.4 is 14.8 Å². The standard InChI is InChI=1S/C19H27NO3S/c1-12-10-17(15(4)24-12)14(3)20-13(2)16-6-7-18(23-9-8-21)19(11-16)22-5/h6-7,10-11,13-14,20-21H,8-9H2,1-5H3. The summed E-state index contributed by atoms with van der Waals surface area (Å²) in [5, 5.41) is 12.5. The number of ether oxygens (including phenoxy) is 2. The van der Waals surface area contributed by atoms with Gasteiger partial charge in [-0.25, -0.2) is 0 Å². The van der Waals surface area contributed by atoms with E-state index in [0.29, 0.717) is 11.5 Å². The fraction of sp³-hybridized carbons (Fsp3) is 0.474. The molecule has 2 unspecified atom stereocenters. The van der Waals surface area contributed by atoms with Crippen LogP contribution in [0.4, 0.5) is 0 Å². The zero-order valence-corrected chi connectivity index (χ0v) is 15.9. The number of hydrogen-bond donors (Lipinski definition) is 2. The average molecular weight is 349 g/mol. The molecule has 0 aliphatic heterocycles. The molecule has 0 radical (unpaired) electrons. The van der Waals surface area contributed by atoms with Crippen LogP contribution in [-0.2, 0) is 0 Å². The second kappa shape index (κ2) is 8.51. The number of aliphatic hydroxyl groups is 1. The minimum Gasteiger partial charge on any atom is -0.493 e. The molecule has 132 valence electrons. The lowest BCUT2D eigenvalue weighted by molar-refractivity contribution is 0.196. The summed E-state index contributed by atoms with van der Waals surface area (Å²) in [7, 11) is 1.63. The van der Waals surface area contributed by atoms with E-state index in [-0.39, 0.29) is 25.3 Å². The number of thiophene rings is 1. The van der Waals surface area contributed by atoms with E-state index in [1.165, 1.54) is 15.3 Å². The quantitative estimate of drug-likeness (QED) is 0.751. The summed E-state index contributed by atoms with van der Waals surface area (Å²) in [5.41, 5.74) is 2.50. The van der Waals surface area contributed by atoms with Crippen molar-refractivity contribution in [3.8, 4) is 11.5 Å². The Kier molecular flexibility index (Phi) is 6.66. The first-order chi connectivity index (χ1) is 11.5. The van der Waals surface area contributed by atoms with E-state index in [4.69, 9.17) is 14.6 Å². The summed E-state index contributed by atoms with van der Waals surface area (Å²) in [6.45, 7) is 8.91. The topological polar surface area (TPSA) is 50.7 Å². The Bertz CT molecular complexity index is 669. The number of hydrogen-bond acceptors (Lipinski definition) is 5. The summed E-state index contributed by atoms with van der Waals surface area (Å²) in [5.74, 6) is 1.34. The van der Waals surface area contributed by atoms with E-state index < -0.39 is 0 Å². The number of aryl methyl sites for hydroxylation is 2. The molecule has 0 bridgehead atoms. The lowest BCUT2D eigenvalue weighted by atomic mass is 10.0. The van der Waals surface area contributed by atoms with Gasteiger partial charge in [0.25, 0.3) is 0 Å². The Labute approximate surface area is 148 Å². The highest BCUT2D eigenvalue weighted by atomic mass is 32.1. The molecule has 0 aliphatic rings. The Morgan fingerprint density at radius 1 is 1.12 bits per heavy atom. The van der Waals surface area contributed by atoms with Crippen LogP contribution in [0.5, 0.6) is 11.5 Å². The molecule has 4 nitrogen and oxygen atoms in total. The molecule has 1 heterocycles. The van der Waals surface area contributed by atoms with Gasteiger partial charge in [0, 0.05) is 21.8 Å². The number of rotatable bonds is 8. The van der Waals surface area contributed by atoms with Crippen LogP contribution in [0.25, 0.3) is 0 Å². The number of benzene rings is 1. The lowest BCUT2D eigenvalue weighted by Gasteiger charge is -2.21. The zero-order valence-electron chi connectivity index (χ0n) is 15.1. The van der Waals surface area contributed by atoms with Crippen molar-refractivity contribution in [2.45, 2.75) is 39.8 Å². The number of nitrogens with one attached hydrogen (secondary N) is 1. The largest absolute Gasteiger partial charge is 0.493 e. The van der Waals surface area contributed by atoms with Crippen LogP contribution in [0.3, 0.4) is 0 Å². The molecule has 0 saturated carbocycles. The second-order valence-electron chi connectivity index (χ2n) is 5.96. The molecule has 2 aromatic rings. The smallest absolute Gasteiger partial charge is 0.161 e. The minimum atomic E-state index is -0.0141. The predicted molar refractivity (Wildman–Crippen MR) is 99.3 cm³/mol. The summed E-state index contributed by atoms with van der Waals surface area (Å²) < 4.78 is 10.9. The molecular weight excluding hydrogens is 322 g/mol. The molecule has 2 N–H and O–H groups in total. The van der Waals surface area contributed by atoms with Crippen molar-refractivity contribution < 1.29 is 14.6 Å². The van der Waals surface area contributed by atoms with Crippen molar-refractivity contribution in [2.24, 2.45) is 0 Å². The van der Waals surface area contributed by atoms with Crippen LogP contribution >= 0.6 is 11.3 Å². The predicted octanol–water partition coefficient (Wildman–Crippen LogP) is 4.16. The first kappa shape index (κ1) is 18.8. The van der Waals surface area contributed by atoms with Gasteiger partial charge in [0.15, 0.2) is 11.5 Å². The van der Waals surface area contributed by atoms with Crippen LogP contribution in [0.15, 0.2) is 24.3 Å². The Hall–Kier alpha value is -1.56. The van der Waals surface area contributed by atoms with Gasteiger partial charge in [-0.3, -0.25) is 0 Å². The van der Waals surface area contributed by atoms with E-state index in [2.05, 4.69) is 39.1 Å². The van der Waals surface area contributed by atoms with Gasteiger partial charge in [-0.15, -0.1) is 11.3 Å². The average Bonchev–Trinajstić information content (AvgIpc) is 2.91. The van der Waals surface area contributed by atoms with Crippen molar-refractivity contribution in [1.82, 2.24) is 5.32 Å². The van der Waals surface area contributed by atoms with Gasteiger partial charge in [-0.2, -0.15) is 0 Å². The Balaban J connectivity index is 2.11. The molecule has 0 saturated heterocycles. The van der Waals surface area contributed by atoms with E-state index in [9.17, 15) is 0 Å². The van der Waals surface area contributed by atoms with Gasteiger partial charge in [0.2, 0.25) is 0 Å². The van der Waals surface area contributed by atoms with Crippen molar-refractivity contribution >= 4 is 11.3 Å². The van der Waals surface area contributed by atoms with Crippen LogP contribution in [0, 0.1) is 13.8 Å². The first-order valence-corrected chi connectivity index (χ1v) is 9.02. The number of aliphatic hydroxyl groups excluding tert-OH is 1. The van der Waals surface area contributed by atoms with Gasteiger partial charge in [0.1, 0.15) is 6.61 Å². The molecule has 0 fully saturated rings. The fourth-order valence-electron chi connectivity index (χ4n) is 2.87. The van der Waals surface area contributed by atoms with Crippen LogP contribution in [-0.4, -0.2) is 25.4 Å². The maximum absolute atomic E-state index is 8.89. The molecule has 24 heavy (non-hydrogen) atoms. The van der Waals surface area contributed by atoms with E-state index in [1.807, 2.05) is 29.5 Å². The molecule has 1 aromatic heterocycles. The van der Waals surface area contributed by atoms with E-state index in [0.717, 1.165) is 5.56 Å². The summed E-state index contributed by atoms with van der Waals surface area (Å²) in [6.07, 6.45) is 0. The van der Waals surface area contributed by atoms with Crippen LogP contribution in [0.2, 0.25) is 0 Å². The molecular formula is C19H27NO3S. The molecule has 2 rings (SSSR count). The maximum Gasteiger partial charge on any atom is 0.161 e. The zero-order chi connectivity index (χ0) is 17.7.